The Kier molecular flexibility index (Phi) is 9.53. The van der Waals surface area contributed by atoms with E-state index in [-0.39, 0.29) is 6.54 Å². The summed E-state index contributed by atoms with van der Waals surface area (Å²) in [6.07, 6.45) is 2.04. The highest BCUT2D eigenvalue weighted by molar-refractivity contribution is 6.86. The molecule has 1 fully saturated rings. The fourth-order valence-corrected chi connectivity index (χ4v) is 17.7. The van der Waals surface area contributed by atoms with E-state index in [2.05, 4.69) is 57.7 Å². The molecule has 0 aromatic rings. The van der Waals surface area contributed by atoms with Gasteiger partial charge in [0.15, 0.2) is 16.6 Å². The molecule has 1 rings (SSSR count). The lowest BCUT2D eigenvalue weighted by Crippen LogP contribution is -2.51. The number of carbonyl (C=O) groups is 2. The summed E-state index contributed by atoms with van der Waals surface area (Å²) in [5, 5.41) is 13.0. The van der Waals surface area contributed by atoms with Gasteiger partial charge in [0, 0.05) is 8.07 Å². The van der Waals surface area contributed by atoms with Crippen molar-refractivity contribution in [3.63, 3.8) is 0 Å². The lowest BCUT2D eigenvalue weighted by atomic mass is 9.94. The lowest BCUT2D eigenvalue weighted by molar-refractivity contribution is -0.157. The van der Waals surface area contributed by atoms with Crippen molar-refractivity contribution in [3.05, 3.63) is 12.7 Å². The average Bonchev–Trinajstić information content (AvgIpc) is 2.58. The Morgan fingerprint density at radius 2 is 1.72 bits per heavy atom. The number of hydrogen-bond donors (Lipinski definition) is 2. The Labute approximate surface area is 179 Å². The van der Waals surface area contributed by atoms with E-state index in [1.807, 2.05) is 0 Å². The van der Waals surface area contributed by atoms with E-state index < -0.39 is 48.8 Å². The predicted molar refractivity (Wildman–Crippen MR) is 126 cm³/mol. The molecular weight excluding hydrogens is 418 g/mol. The standard InChI is InChI=1S/C20H41NO5Si3/c1-9-19(23)21-15-20(24)25-18-11-10-16(14-17(18)22)29(7,8)26-28(5,6)13-12-27(2,3)4/h9,16-18,22H,1,10-15H2,2-8H3,(H,21,23). The van der Waals surface area contributed by atoms with Crippen LogP contribution in [0.2, 0.25) is 63.5 Å². The third-order valence-corrected chi connectivity index (χ3v) is 16.1. The number of ether oxygens (including phenoxy) is 1. The number of aliphatic hydroxyl groups is 1. The second kappa shape index (κ2) is 10.5. The van der Waals surface area contributed by atoms with Gasteiger partial charge in [0.25, 0.3) is 0 Å². The van der Waals surface area contributed by atoms with Gasteiger partial charge in [0.2, 0.25) is 5.91 Å². The van der Waals surface area contributed by atoms with Crippen LogP contribution in [0.1, 0.15) is 19.3 Å². The zero-order valence-electron chi connectivity index (χ0n) is 19.3. The number of esters is 1. The van der Waals surface area contributed by atoms with Gasteiger partial charge < -0.3 is 19.3 Å². The number of carbonyl (C=O) groups excluding carboxylic acids is 2. The van der Waals surface area contributed by atoms with Crippen LogP contribution in [0.3, 0.4) is 0 Å². The molecule has 0 aliphatic heterocycles. The second-order valence-electron chi connectivity index (χ2n) is 10.6. The van der Waals surface area contributed by atoms with Gasteiger partial charge >= 0.3 is 5.97 Å². The van der Waals surface area contributed by atoms with Crippen LogP contribution in [0.25, 0.3) is 0 Å². The minimum absolute atomic E-state index is 0.211. The van der Waals surface area contributed by atoms with Gasteiger partial charge in [-0.25, -0.2) is 0 Å². The second-order valence-corrected chi connectivity index (χ2v) is 25.0. The van der Waals surface area contributed by atoms with Crippen molar-refractivity contribution >= 4 is 36.6 Å². The van der Waals surface area contributed by atoms with Crippen molar-refractivity contribution in [2.24, 2.45) is 0 Å². The first-order valence-electron chi connectivity index (χ1n) is 10.6. The van der Waals surface area contributed by atoms with E-state index in [9.17, 15) is 14.7 Å². The van der Waals surface area contributed by atoms with E-state index >= 15 is 0 Å². The number of hydrogen-bond acceptors (Lipinski definition) is 5. The Bertz CT molecular complexity index is 589. The van der Waals surface area contributed by atoms with Crippen molar-refractivity contribution in [1.82, 2.24) is 5.32 Å². The largest absolute Gasteiger partial charge is 0.458 e. The summed E-state index contributed by atoms with van der Waals surface area (Å²) in [5.74, 6) is -0.952. The average molecular weight is 460 g/mol. The topological polar surface area (TPSA) is 84.9 Å². The minimum atomic E-state index is -1.97. The van der Waals surface area contributed by atoms with E-state index in [0.717, 1.165) is 12.5 Å². The number of amides is 1. The molecule has 1 aliphatic carbocycles. The summed E-state index contributed by atoms with van der Waals surface area (Å²) in [6, 6.07) is 2.50. The molecule has 0 radical (unpaired) electrons. The Balaban J connectivity index is 2.58. The van der Waals surface area contributed by atoms with Gasteiger partial charge in [-0.3, -0.25) is 9.59 Å². The summed E-state index contributed by atoms with van der Waals surface area (Å²) in [4.78, 5) is 23.1. The van der Waals surface area contributed by atoms with Crippen molar-refractivity contribution in [2.45, 2.75) is 94.9 Å². The van der Waals surface area contributed by atoms with E-state index in [1.165, 1.54) is 12.1 Å². The molecule has 0 saturated heterocycles. The molecule has 0 bridgehead atoms. The summed E-state index contributed by atoms with van der Waals surface area (Å²) in [7, 11) is -4.80. The molecule has 29 heavy (non-hydrogen) atoms. The van der Waals surface area contributed by atoms with Gasteiger partial charge in [-0.2, -0.15) is 0 Å². The summed E-state index contributed by atoms with van der Waals surface area (Å²) in [6.45, 7) is 19.5. The molecule has 9 heteroatoms. The predicted octanol–water partition coefficient (Wildman–Crippen LogP) is 3.88. The van der Waals surface area contributed by atoms with Crippen molar-refractivity contribution < 1.29 is 23.5 Å². The molecule has 168 valence electrons. The number of aliphatic hydroxyl groups excluding tert-OH is 1. The molecule has 3 atom stereocenters. The summed E-state index contributed by atoms with van der Waals surface area (Å²) in [5.41, 5.74) is 0.353. The first kappa shape index (κ1) is 26.3. The summed E-state index contributed by atoms with van der Waals surface area (Å²) >= 11 is 0. The first-order chi connectivity index (χ1) is 13.1. The van der Waals surface area contributed by atoms with Crippen LogP contribution < -0.4 is 5.32 Å². The van der Waals surface area contributed by atoms with Gasteiger partial charge in [-0.05, 0) is 63.1 Å². The van der Waals surface area contributed by atoms with Crippen LogP contribution in [0, 0.1) is 0 Å². The molecule has 1 amide bonds. The van der Waals surface area contributed by atoms with E-state index in [1.54, 1.807) is 0 Å². The normalized spacial score (nSPS) is 23.4. The fraction of sp³-hybridized carbons (Fsp3) is 0.800. The van der Waals surface area contributed by atoms with Crippen LogP contribution in [0.5, 0.6) is 0 Å². The van der Waals surface area contributed by atoms with E-state index in [4.69, 9.17) is 8.85 Å². The lowest BCUT2D eigenvalue weighted by Gasteiger charge is -2.43. The Hall–Kier alpha value is -0.749. The van der Waals surface area contributed by atoms with Crippen molar-refractivity contribution in [1.29, 1.82) is 0 Å². The SMILES string of the molecule is C=CC(=O)NCC(=O)OC1CCC([Si](C)(C)O[Si](C)(C)CC[Si](C)(C)C)CC1O. The smallest absolute Gasteiger partial charge is 0.325 e. The number of nitrogens with one attached hydrogen (secondary N) is 1. The maximum absolute atomic E-state index is 11.9. The molecule has 3 unspecified atom stereocenters. The number of rotatable bonds is 10. The highest BCUT2D eigenvalue weighted by Crippen LogP contribution is 2.40. The third-order valence-electron chi connectivity index (χ3n) is 5.63. The molecule has 6 nitrogen and oxygen atoms in total. The van der Waals surface area contributed by atoms with Crippen molar-refractivity contribution in [2.75, 3.05) is 6.54 Å². The molecule has 0 spiro atoms. The third kappa shape index (κ3) is 9.73. The van der Waals surface area contributed by atoms with Crippen LogP contribution in [-0.2, 0) is 18.4 Å². The van der Waals surface area contributed by atoms with Crippen molar-refractivity contribution in [3.8, 4) is 0 Å². The van der Waals surface area contributed by atoms with Crippen LogP contribution in [0.4, 0.5) is 0 Å². The fourth-order valence-electron chi connectivity index (χ4n) is 3.85. The molecule has 1 aliphatic rings. The molecular formula is C20H41NO5Si3. The van der Waals surface area contributed by atoms with Crippen LogP contribution >= 0.6 is 0 Å². The van der Waals surface area contributed by atoms with Crippen LogP contribution in [-0.4, -0.2) is 60.4 Å². The molecule has 2 N–H and O–H groups in total. The highest BCUT2D eigenvalue weighted by atomic mass is 28.4. The zero-order chi connectivity index (χ0) is 22.5. The molecule has 1 saturated carbocycles. The monoisotopic (exact) mass is 459 g/mol. The highest BCUT2D eigenvalue weighted by Gasteiger charge is 2.44. The van der Waals surface area contributed by atoms with E-state index in [0.29, 0.717) is 18.4 Å². The van der Waals surface area contributed by atoms with Gasteiger partial charge in [-0.1, -0.05) is 32.3 Å². The van der Waals surface area contributed by atoms with Gasteiger partial charge in [0.1, 0.15) is 12.6 Å². The maximum atomic E-state index is 11.9. The summed E-state index contributed by atoms with van der Waals surface area (Å²) < 4.78 is 12.2. The molecule has 0 aromatic heterocycles. The minimum Gasteiger partial charge on any atom is -0.458 e. The molecule has 0 heterocycles. The van der Waals surface area contributed by atoms with Crippen LogP contribution in [0.15, 0.2) is 12.7 Å². The van der Waals surface area contributed by atoms with Gasteiger partial charge in [-0.15, -0.1) is 0 Å². The molecule has 0 aromatic carbocycles. The Morgan fingerprint density at radius 1 is 1.10 bits per heavy atom. The first-order valence-corrected chi connectivity index (χ1v) is 20.4. The van der Waals surface area contributed by atoms with Gasteiger partial charge in [0.05, 0.1) is 6.10 Å². The maximum Gasteiger partial charge on any atom is 0.325 e. The quantitative estimate of drug-likeness (QED) is 0.294. The zero-order valence-corrected chi connectivity index (χ0v) is 22.3. The Morgan fingerprint density at radius 3 is 2.24 bits per heavy atom.